The van der Waals surface area contributed by atoms with Gasteiger partial charge in [0.1, 0.15) is 12.9 Å². The molecule has 0 aromatic heterocycles. The van der Waals surface area contributed by atoms with E-state index in [2.05, 4.69) is 33.9 Å². The third-order valence-electron chi connectivity index (χ3n) is 3.95. The van der Waals surface area contributed by atoms with Crippen molar-refractivity contribution in [3.8, 4) is 0 Å². The maximum Gasteiger partial charge on any atom is 0.328 e. The van der Waals surface area contributed by atoms with Gasteiger partial charge in [-0.3, -0.25) is 0 Å². The Labute approximate surface area is 140 Å². The molecule has 0 heterocycles. The van der Waals surface area contributed by atoms with Crippen molar-refractivity contribution in [2.45, 2.75) is 58.0 Å². The number of aliphatic carboxylic acids is 1. The minimum Gasteiger partial charge on any atom is -0.478 e. The van der Waals surface area contributed by atoms with Crippen LogP contribution in [0.15, 0.2) is 12.2 Å². The third-order valence-corrected chi connectivity index (χ3v) is 8.53. The average molecular weight is 349 g/mol. The zero-order valence-electron chi connectivity index (χ0n) is 15.4. The van der Waals surface area contributed by atoms with Crippen molar-refractivity contribution in [1.29, 1.82) is 0 Å². The van der Waals surface area contributed by atoms with Crippen LogP contribution < -0.4 is 0 Å². The van der Waals surface area contributed by atoms with E-state index in [-0.39, 0.29) is 17.9 Å². The fourth-order valence-corrected chi connectivity index (χ4v) is 2.98. The molecule has 7 heteroatoms. The molecule has 0 fully saturated rings. The molecule has 0 aliphatic carbocycles. The lowest BCUT2D eigenvalue weighted by Gasteiger charge is -2.39. The molecular formula is C16H32O6Si. The lowest BCUT2D eigenvalue weighted by atomic mass is 10.2. The van der Waals surface area contributed by atoms with Crippen LogP contribution in [0.3, 0.4) is 0 Å². The predicted molar refractivity (Wildman–Crippen MR) is 92.1 cm³/mol. The fraction of sp³-hybridized carbons (Fsp3) is 0.812. The molecule has 1 N–H and O–H groups in total. The lowest BCUT2D eigenvalue weighted by Crippen LogP contribution is -2.46. The van der Waals surface area contributed by atoms with Crippen LogP contribution >= 0.6 is 0 Å². The Hall–Kier alpha value is -0.733. The first-order valence-electron chi connectivity index (χ1n) is 7.78. The van der Waals surface area contributed by atoms with Crippen molar-refractivity contribution >= 4 is 14.3 Å². The Balaban J connectivity index is 4.74. The number of hydrogen-bond acceptors (Lipinski definition) is 5. The van der Waals surface area contributed by atoms with Crippen molar-refractivity contribution in [3.05, 3.63) is 12.2 Å². The van der Waals surface area contributed by atoms with Crippen molar-refractivity contribution in [1.82, 2.24) is 0 Å². The number of methoxy groups -OCH3 is 1. The van der Waals surface area contributed by atoms with Gasteiger partial charge in [-0.25, -0.2) is 4.79 Å². The summed E-state index contributed by atoms with van der Waals surface area (Å²) in [5, 5.41) is 8.89. The smallest absolute Gasteiger partial charge is 0.328 e. The SMILES string of the molecule is COCCOCO[C@H](/C=C/C(=O)O)[C@H](C)O[Si](C)(C)C(C)(C)C. The number of carboxylic acid groups (broad SMARTS) is 1. The summed E-state index contributed by atoms with van der Waals surface area (Å²) in [5.41, 5.74) is 0. The first-order valence-corrected chi connectivity index (χ1v) is 10.7. The molecule has 6 nitrogen and oxygen atoms in total. The molecule has 0 aromatic rings. The van der Waals surface area contributed by atoms with Crippen LogP contribution in [0.2, 0.25) is 18.1 Å². The van der Waals surface area contributed by atoms with Crippen molar-refractivity contribution < 1.29 is 28.5 Å². The van der Waals surface area contributed by atoms with Gasteiger partial charge in [-0.05, 0) is 31.1 Å². The number of carboxylic acids is 1. The zero-order chi connectivity index (χ0) is 18.1. The number of carbonyl (C=O) groups is 1. The highest BCUT2D eigenvalue weighted by Gasteiger charge is 2.39. The van der Waals surface area contributed by atoms with Gasteiger partial charge in [-0.1, -0.05) is 20.8 Å². The van der Waals surface area contributed by atoms with Crippen LogP contribution in [0.25, 0.3) is 0 Å². The second kappa shape index (κ2) is 10.2. The van der Waals surface area contributed by atoms with Gasteiger partial charge < -0.3 is 23.7 Å². The van der Waals surface area contributed by atoms with E-state index in [0.717, 1.165) is 6.08 Å². The van der Waals surface area contributed by atoms with Crippen LogP contribution in [0.4, 0.5) is 0 Å². The summed E-state index contributed by atoms with van der Waals surface area (Å²) in [6.45, 7) is 13.6. The van der Waals surface area contributed by atoms with E-state index in [1.165, 1.54) is 6.08 Å². The molecular weight excluding hydrogens is 316 g/mol. The molecule has 0 saturated carbocycles. The van der Waals surface area contributed by atoms with Gasteiger partial charge >= 0.3 is 5.97 Å². The molecule has 0 rings (SSSR count). The summed E-state index contributed by atoms with van der Waals surface area (Å²) in [6.07, 6.45) is 1.82. The minimum absolute atomic E-state index is 0.0587. The van der Waals surface area contributed by atoms with E-state index < -0.39 is 20.4 Å². The molecule has 0 saturated heterocycles. The summed E-state index contributed by atoms with van der Waals surface area (Å²) >= 11 is 0. The molecule has 0 radical (unpaired) electrons. The molecule has 0 spiro atoms. The second-order valence-corrected chi connectivity index (χ2v) is 11.7. The normalized spacial score (nSPS) is 15.8. The molecule has 0 aromatic carbocycles. The summed E-state index contributed by atoms with van der Waals surface area (Å²) in [4.78, 5) is 10.8. The van der Waals surface area contributed by atoms with Crippen LogP contribution in [0, 0.1) is 0 Å². The van der Waals surface area contributed by atoms with Gasteiger partial charge in [0.25, 0.3) is 0 Å². The highest BCUT2D eigenvalue weighted by Crippen LogP contribution is 2.37. The number of hydrogen-bond donors (Lipinski definition) is 1. The zero-order valence-corrected chi connectivity index (χ0v) is 16.4. The van der Waals surface area contributed by atoms with E-state index in [4.69, 9.17) is 23.7 Å². The first kappa shape index (κ1) is 22.3. The number of ether oxygens (including phenoxy) is 3. The fourth-order valence-electron chi connectivity index (χ4n) is 1.56. The van der Waals surface area contributed by atoms with Gasteiger partial charge in [0, 0.05) is 13.2 Å². The minimum atomic E-state index is -1.97. The molecule has 0 aliphatic heterocycles. The molecule has 0 bridgehead atoms. The molecule has 0 amide bonds. The second-order valence-electron chi connectivity index (χ2n) is 6.93. The van der Waals surface area contributed by atoms with E-state index in [9.17, 15) is 4.79 Å². The maximum absolute atomic E-state index is 10.8. The highest BCUT2D eigenvalue weighted by atomic mass is 28.4. The van der Waals surface area contributed by atoms with Gasteiger partial charge in [0.05, 0.1) is 19.3 Å². The van der Waals surface area contributed by atoms with Gasteiger partial charge in [-0.15, -0.1) is 0 Å². The largest absolute Gasteiger partial charge is 0.478 e. The maximum atomic E-state index is 10.8. The molecule has 0 unspecified atom stereocenters. The van der Waals surface area contributed by atoms with E-state index in [1.807, 2.05) is 6.92 Å². The topological polar surface area (TPSA) is 74.2 Å². The molecule has 0 aliphatic rings. The standard InChI is InChI=1S/C16H32O6Si/c1-13(22-23(6,7)16(2,3)4)14(8-9-15(17)18)21-12-20-11-10-19-5/h8-9,13-14H,10-12H2,1-7H3,(H,17,18)/b9-8+/t13-,14+/m0/s1. The third kappa shape index (κ3) is 9.22. The van der Waals surface area contributed by atoms with Crippen LogP contribution in [0.1, 0.15) is 27.7 Å². The van der Waals surface area contributed by atoms with E-state index >= 15 is 0 Å². The van der Waals surface area contributed by atoms with E-state index in [1.54, 1.807) is 7.11 Å². The summed E-state index contributed by atoms with van der Waals surface area (Å²) in [7, 11) is -0.374. The van der Waals surface area contributed by atoms with Gasteiger partial charge in [0.2, 0.25) is 0 Å². The molecule has 2 atom stereocenters. The Kier molecular flexibility index (Phi) is 9.87. The Bertz CT molecular complexity index is 375. The monoisotopic (exact) mass is 348 g/mol. The molecule has 23 heavy (non-hydrogen) atoms. The van der Waals surface area contributed by atoms with Crippen molar-refractivity contribution in [2.24, 2.45) is 0 Å². The quantitative estimate of drug-likeness (QED) is 0.268. The summed E-state index contributed by atoms with van der Waals surface area (Å²) < 4.78 is 22.1. The van der Waals surface area contributed by atoms with Crippen LogP contribution in [-0.4, -0.2) is 58.7 Å². The van der Waals surface area contributed by atoms with Gasteiger partial charge in [-0.2, -0.15) is 0 Å². The first-order chi connectivity index (χ1) is 10.5. The Morgan fingerprint density at radius 1 is 1.26 bits per heavy atom. The summed E-state index contributed by atoms with van der Waals surface area (Å²) in [5.74, 6) is -1.02. The molecule has 136 valence electrons. The highest BCUT2D eigenvalue weighted by molar-refractivity contribution is 6.74. The number of rotatable bonds is 11. The predicted octanol–water partition coefficient (Wildman–Crippen LogP) is 3.04. The van der Waals surface area contributed by atoms with Gasteiger partial charge in [0.15, 0.2) is 8.32 Å². The van der Waals surface area contributed by atoms with E-state index in [0.29, 0.717) is 13.2 Å². The Morgan fingerprint density at radius 3 is 2.35 bits per heavy atom. The Morgan fingerprint density at radius 2 is 1.87 bits per heavy atom. The lowest BCUT2D eigenvalue weighted by molar-refractivity contribution is -0.131. The van der Waals surface area contributed by atoms with Crippen LogP contribution in [0.5, 0.6) is 0 Å². The van der Waals surface area contributed by atoms with Crippen molar-refractivity contribution in [3.63, 3.8) is 0 Å². The van der Waals surface area contributed by atoms with Crippen molar-refractivity contribution in [2.75, 3.05) is 27.1 Å². The summed E-state index contributed by atoms with van der Waals surface area (Å²) in [6, 6.07) is 0. The average Bonchev–Trinajstić information content (AvgIpc) is 2.39. The van der Waals surface area contributed by atoms with Crippen LogP contribution in [-0.2, 0) is 23.4 Å².